The Morgan fingerprint density at radius 1 is 1.00 bits per heavy atom. The van der Waals surface area contributed by atoms with E-state index in [9.17, 15) is 0 Å². The van der Waals surface area contributed by atoms with E-state index in [0.717, 1.165) is 9.65 Å². The zero-order valence-corrected chi connectivity index (χ0v) is 17.2. The summed E-state index contributed by atoms with van der Waals surface area (Å²) >= 11 is 3.39. The van der Waals surface area contributed by atoms with Crippen molar-refractivity contribution in [2.45, 2.75) is 39.6 Å². The summed E-state index contributed by atoms with van der Waals surface area (Å²) in [4.78, 5) is 3.49. The van der Waals surface area contributed by atoms with Gasteiger partial charge in [0.25, 0.3) is 0 Å². The van der Waals surface area contributed by atoms with E-state index < -0.39 is 5.60 Å². The molecule has 0 aliphatic carbocycles. The highest BCUT2D eigenvalue weighted by atomic mass is 32.1. The van der Waals surface area contributed by atoms with Gasteiger partial charge < -0.3 is 18.8 Å². The lowest BCUT2D eigenvalue weighted by molar-refractivity contribution is -0.224. The van der Waals surface area contributed by atoms with Crippen molar-refractivity contribution in [2.75, 3.05) is 13.2 Å². The molecule has 2 saturated heterocycles. The number of rotatable bonds is 3. The number of hydrogen-bond acceptors (Lipinski definition) is 6. The van der Waals surface area contributed by atoms with Gasteiger partial charge in [0.05, 0.1) is 28.6 Å². The maximum absolute atomic E-state index is 5.97. The fraction of sp³-hybridized carbons (Fsp3) is 0.474. The standard InChI is InChI=1S/C19H23BO4S2/c1-12-19(4,5)24-20(23-12)16-9-8-14(26-16)13-6-7-15(25-13)17-21-10-18(2,3)11-22-17/h6-9,17H,1,10-11H2,2-5H3. The van der Waals surface area contributed by atoms with Crippen LogP contribution in [0.25, 0.3) is 9.75 Å². The van der Waals surface area contributed by atoms with Gasteiger partial charge in [-0.2, -0.15) is 0 Å². The van der Waals surface area contributed by atoms with Gasteiger partial charge in [0.15, 0.2) is 6.29 Å². The molecule has 0 spiro atoms. The van der Waals surface area contributed by atoms with Crippen LogP contribution in [-0.4, -0.2) is 25.9 Å². The van der Waals surface area contributed by atoms with E-state index >= 15 is 0 Å². The van der Waals surface area contributed by atoms with E-state index in [1.807, 2.05) is 13.8 Å². The molecule has 4 heterocycles. The van der Waals surface area contributed by atoms with Crippen molar-refractivity contribution < 1.29 is 18.8 Å². The third-order valence-electron chi connectivity index (χ3n) is 4.53. The van der Waals surface area contributed by atoms with Gasteiger partial charge in [-0.15, -0.1) is 22.7 Å². The summed E-state index contributed by atoms with van der Waals surface area (Å²) < 4.78 is 24.6. The molecule has 2 aromatic rings. The average Bonchev–Trinajstić information content (AvgIpc) is 3.27. The Labute approximate surface area is 162 Å². The molecule has 0 amide bonds. The Kier molecular flexibility index (Phi) is 4.56. The molecule has 2 fully saturated rings. The predicted octanol–water partition coefficient (Wildman–Crippen LogP) is 4.58. The minimum Gasteiger partial charge on any atom is -0.533 e. The molecule has 26 heavy (non-hydrogen) atoms. The van der Waals surface area contributed by atoms with Gasteiger partial charge in [0.2, 0.25) is 0 Å². The van der Waals surface area contributed by atoms with Crippen LogP contribution in [-0.2, 0) is 18.8 Å². The lowest BCUT2D eigenvalue weighted by Crippen LogP contribution is -2.33. The smallest absolute Gasteiger partial charge is 0.533 e. The van der Waals surface area contributed by atoms with Crippen molar-refractivity contribution in [3.8, 4) is 9.75 Å². The maximum atomic E-state index is 5.97. The molecule has 0 aromatic carbocycles. The van der Waals surface area contributed by atoms with Gasteiger partial charge in [-0.1, -0.05) is 20.4 Å². The van der Waals surface area contributed by atoms with Crippen LogP contribution < -0.4 is 4.78 Å². The second kappa shape index (κ2) is 6.50. The summed E-state index contributed by atoms with van der Waals surface area (Å²) in [5.41, 5.74) is -0.368. The van der Waals surface area contributed by atoms with Crippen LogP contribution in [0.1, 0.15) is 38.9 Å². The van der Waals surface area contributed by atoms with Crippen LogP contribution in [0, 0.1) is 5.41 Å². The first-order chi connectivity index (χ1) is 12.2. The molecule has 2 aliphatic heterocycles. The topological polar surface area (TPSA) is 36.9 Å². The van der Waals surface area contributed by atoms with Gasteiger partial charge in [0, 0.05) is 15.2 Å². The van der Waals surface area contributed by atoms with Crippen LogP contribution in [0.15, 0.2) is 36.6 Å². The predicted molar refractivity (Wildman–Crippen MR) is 107 cm³/mol. The molecule has 7 heteroatoms. The van der Waals surface area contributed by atoms with Crippen molar-refractivity contribution >= 4 is 34.6 Å². The van der Waals surface area contributed by atoms with Crippen molar-refractivity contribution in [1.29, 1.82) is 0 Å². The Hall–Kier alpha value is -1.12. The summed E-state index contributed by atoms with van der Waals surface area (Å²) in [5, 5.41) is 0. The van der Waals surface area contributed by atoms with Crippen molar-refractivity contribution in [3.05, 3.63) is 41.5 Å². The Bertz CT molecular complexity index is 813. The third kappa shape index (κ3) is 3.51. The quantitative estimate of drug-likeness (QED) is 0.719. The number of ether oxygens (including phenoxy) is 2. The molecule has 4 nitrogen and oxygen atoms in total. The zero-order valence-electron chi connectivity index (χ0n) is 15.5. The molecule has 0 atom stereocenters. The van der Waals surface area contributed by atoms with E-state index in [0.29, 0.717) is 19.0 Å². The first-order valence-electron chi connectivity index (χ1n) is 8.70. The van der Waals surface area contributed by atoms with Gasteiger partial charge in [-0.05, 0) is 38.1 Å². The van der Waals surface area contributed by atoms with Crippen LogP contribution in [0.5, 0.6) is 0 Å². The minimum absolute atomic E-state index is 0.0817. The van der Waals surface area contributed by atoms with Crippen LogP contribution >= 0.6 is 22.7 Å². The molecule has 2 aliphatic rings. The van der Waals surface area contributed by atoms with E-state index in [4.69, 9.17) is 18.8 Å². The highest BCUT2D eigenvalue weighted by molar-refractivity contribution is 7.28. The van der Waals surface area contributed by atoms with Crippen LogP contribution in [0.4, 0.5) is 0 Å². The summed E-state index contributed by atoms with van der Waals surface area (Å²) in [6.07, 6.45) is -0.258. The van der Waals surface area contributed by atoms with Crippen molar-refractivity contribution in [1.82, 2.24) is 0 Å². The lowest BCUT2D eigenvalue weighted by Gasteiger charge is -2.34. The minimum atomic E-state index is -0.450. The molecular formula is C19H23BO4S2. The molecule has 2 aromatic heterocycles. The Morgan fingerprint density at radius 3 is 2.31 bits per heavy atom. The van der Waals surface area contributed by atoms with Crippen LogP contribution in [0.2, 0.25) is 0 Å². The van der Waals surface area contributed by atoms with Crippen LogP contribution in [0.3, 0.4) is 0 Å². The summed E-state index contributed by atoms with van der Waals surface area (Å²) in [6.45, 7) is 13.6. The molecule has 0 bridgehead atoms. The second-order valence-corrected chi connectivity index (χ2v) is 10.3. The fourth-order valence-corrected chi connectivity index (χ4v) is 4.89. The number of hydrogen-bond donors (Lipinski definition) is 0. The Morgan fingerprint density at radius 2 is 1.65 bits per heavy atom. The summed E-state index contributed by atoms with van der Waals surface area (Å²) in [7, 11) is -0.372. The van der Waals surface area contributed by atoms with Gasteiger partial charge >= 0.3 is 7.12 Å². The van der Waals surface area contributed by atoms with E-state index in [-0.39, 0.29) is 18.8 Å². The highest BCUT2D eigenvalue weighted by Gasteiger charge is 2.43. The largest absolute Gasteiger partial charge is 0.574 e. The second-order valence-electron chi connectivity index (χ2n) is 8.02. The molecule has 0 N–H and O–H groups in total. The van der Waals surface area contributed by atoms with E-state index in [1.165, 1.54) is 9.75 Å². The third-order valence-corrected chi connectivity index (χ3v) is 6.94. The van der Waals surface area contributed by atoms with Crippen molar-refractivity contribution in [3.63, 3.8) is 0 Å². The van der Waals surface area contributed by atoms with Gasteiger partial charge in [-0.3, -0.25) is 0 Å². The monoisotopic (exact) mass is 390 g/mol. The molecule has 0 radical (unpaired) electrons. The molecule has 4 rings (SSSR count). The zero-order chi connectivity index (χ0) is 18.5. The average molecular weight is 390 g/mol. The van der Waals surface area contributed by atoms with Gasteiger partial charge in [0.1, 0.15) is 5.60 Å². The normalized spacial score (nSPS) is 22.6. The highest BCUT2D eigenvalue weighted by Crippen LogP contribution is 2.39. The maximum Gasteiger partial charge on any atom is 0.574 e. The lowest BCUT2D eigenvalue weighted by atomic mass is 9.88. The molecule has 0 unspecified atom stereocenters. The van der Waals surface area contributed by atoms with E-state index in [2.05, 4.69) is 44.7 Å². The number of thiophene rings is 2. The molecule has 0 saturated carbocycles. The Balaban J connectivity index is 1.47. The van der Waals surface area contributed by atoms with Gasteiger partial charge in [-0.25, -0.2) is 0 Å². The first-order valence-corrected chi connectivity index (χ1v) is 10.3. The SMILES string of the molecule is C=C1OB(c2ccc(-c3ccc(C4OCC(C)(C)CO4)s3)s2)OC1(C)C. The summed E-state index contributed by atoms with van der Waals surface area (Å²) in [5.74, 6) is 0.672. The first kappa shape index (κ1) is 18.3. The molecular weight excluding hydrogens is 367 g/mol. The fourth-order valence-electron chi connectivity index (χ4n) is 2.83. The van der Waals surface area contributed by atoms with E-state index in [1.54, 1.807) is 22.7 Å². The van der Waals surface area contributed by atoms with Crippen molar-refractivity contribution in [2.24, 2.45) is 5.41 Å². The summed E-state index contributed by atoms with van der Waals surface area (Å²) in [6, 6.07) is 8.40. The molecule has 138 valence electrons.